The van der Waals surface area contributed by atoms with Gasteiger partial charge in [0.05, 0.1) is 11.0 Å². The number of nitro groups is 1. The molecule has 0 saturated carbocycles. The Morgan fingerprint density at radius 1 is 1.69 bits per heavy atom. The van der Waals surface area contributed by atoms with Gasteiger partial charge in [-0.1, -0.05) is 0 Å². The van der Waals surface area contributed by atoms with Gasteiger partial charge in [-0.3, -0.25) is 15.5 Å². The van der Waals surface area contributed by atoms with E-state index in [1.807, 2.05) is 0 Å². The van der Waals surface area contributed by atoms with Crippen LogP contribution in [0.15, 0.2) is 12.1 Å². The zero-order chi connectivity index (χ0) is 12.3. The molecule has 0 fully saturated rings. The molecular formula is C9H10FN3O3. The number of halogens is 1. The molecule has 0 spiro atoms. The van der Waals surface area contributed by atoms with Crippen LogP contribution in [0.2, 0.25) is 0 Å². The van der Waals surface area contributed by atoms with Crippen molar-refractivity contribution in [1.82, 2.24) is 0 Å². The van der Waals surface area contributed by atoms with Crippen molar-refractivity contribution >= 4 is 11.5 Å². The maximum atomic E-state index is 13.3. The normalized spacial score (nSPS) is 9.88. The Bertz CT molecular complexity index is 448. The lowest BCUT2D eigenvalue weighted by Crippen LogP contribution is -2.19. The number of nitrogens with two attached hydrogens (primary N) is 1. The van der Waals surface area contributed by atoms with Crippen molar-refractivity contribution in [3.8, 4) is 5.75 Å². The van der Waals surface area contributed by atoms with E-state index >= 15 is 0 Å². The number of nitrogens with one attached hydrogen (secondary N) is 1. The molecule has 0 saturated heterocycles. The van der Waals surface area contributed by atoms with Gasteiger partial charge >= 0.3 is 0 Å². The number of hydrogen-bond acceptors (Lipinski definition) is 4. The third-order valence-corrected chi connectivity index (χ3v) is 1.83. The number of amidine groups is 1. The van der Waals surface area contributed by atoms with Crippen molar-refractivity contribution in [2.75, 3.05) is 6.61 Å². The first-order valence-electron chi connectivity index (χ1n) is 4.32. The van der Waals surface area contributed by atoms with E-state index in [1.54, 1.807) is 0 Å². The lowest BCUT2D eigenvalue weighted by Gasteiger charge is -2.07. The highest BCUT2D eigenvalue weighted by molar-refractivity contribution is 5.78. The maximum Gasteiger partial charge on any atom is 0.275 e. The van der Waals surface area contributed by atoms with Gasteiger partial charge in [-0.05, 0) is 13.0 Å². The highest BCUT2D eigenvalue weighted by atomic mass is 19.1. The van der Waals surface area contributed by atoms with Crippen LogP contribution in [-0.2, 0) is 0 Å². The molecule has 0 heterocycles. The van der Waals surface area contributed by atoms with Crippen LogP contribution in [0.3, 0.4) is 0 Å². The van der Waals surface area contributed by atoms with Gasteiger partial charge in [0.25, 0.3) is 5.69 Å². The van der Waals surface area contributed by atoms with Crippen LogP contribution in [0.25, 0.3) is 0 Å². The molecule has 0 aliphatic rings. The highest BCUT2D eigenvalue weighted by Gasteiger charge is 2.16. The largest absolute Gasteiger partial charge is 0.483 e. The summed E-state index contributed by atoms with van der Waals surface area (Å²) in [6.07, 6.45) is 0. The first-order chi connectivity index (χ1) is 7.41. The average Bonchev–Trinajstić information content (AvgIpc) is 2.18. The zero-order valence-electron chi connectivity index (χ0n) is 8.49. The minimum Gasteiger partial charge on any atom is -0.483 e. The van der Waals surface area contributed by atoms with E-state index in [1.165, 1.54) is 13.0 Å². The highest BCUT2D eigenvalue weighted by Crippen LogP contribution is 2.26. The smallest absolute Gasteiger partial charge is 0.275 e. The molecule has 0 unspecified atom stereocenters. The molecule has 0 radical (unpaired) electrons. The fourth-order valence-corrected chi connectivity index (χ4v) is 1.11. The summed E-state index contributed by atoms with van der Waals surface area (Å²) in [6, 6.07) is 1.99. The Morgan fingerprint density at radius 3 is 2.81 bits per heavy atom. The zero-order valence-corrected chi connectivity index (χ0v) is 8.49. The molecule has 0 aliphatic carbocycles. The summed E-state index contributed by atoms with van der Waals surface area (Å²) < 4.78 is 18.2. The Hall–Kier alpha value is -2.18. The van der Waals surface area contributed by atoms with Gasteiger partial charge in [0.2, 0.25) is 0 Å². The summed E-state index contributed by atoms with van der Waals surface area (Å²) in [7, 11) is 0. The number of nitrogens with zero attached hydrogens (tertiary/aromatic N) is 1. The lowest BCUT2D eigenvalue weighted by atomic mass is 10.2. The van der Waals surface area contributed by atoms with Crippen LogP contribution in [0.5, 0.6) is 5.75 Å². The molecule has 6 nitrogen and oxygen atoms in total. The predicted octanol–water partition coefficient (Wildman–Crippen LogP) is 1.36. The van der Waals surface area contributed by atoms with Crippen molar-refractivity contribution in [3.05, 3.63) is 33.6 Å². The third-order valence-electron chi connectivity index (χ3n) is 1.83. The third kappa shape index (κ3) is 2.66. The van der Waals surface area contributed by atoms with Crippen molar-refractivity contribution in [2.45, 2.75) is 6.92 Å². The molecule has 1 rings (SSSR count). The van der Waals surface area contributed by atoms with Crippen LogP contribution in [0.1, 0.15) is 5.56 Å². The number of hydrogen-bond donors (Lipinski definition) is 2. The van der Waals surface area contributed by atoms with Gasteiger partial charge < -0.3 is 10.5 Å². The minimum atomic E-state index is -0.849. The monoisotopic (exact) mass is 227 g/mol. The number of rotatable bonds is 4. The van der Waals surface area contributed by atoms with Crippen LogP contribution < -0.4 is 10.5 Å². The average molecular weight is 227 g/mol. The summed E-state index contributed by atoms with van der Waals surface area (Å²) in [5.74, 6) is -1.26. The van der Waals surface area contributed by atoms with E-state index < -0.39 is 10.7 Å². The van der Waals surface area contributed by atoms with Gasteiger partial charge in [0, 0.05) is 5.56 Å². The number of ether oxygens (including phenoxy) is 1. The number of benzene rings is 1. The fraction of sp³-hybridized carbons (Fsp3) is 0.222. The van der Waals surface area contributed by atoms with Crippen molar-refractivity contribution in [3.63, 3.8) is 0 Å². The molecule has 0 aromatic heterocycles. The van der Waals surface area contributed by atoms with Crippen LogP contribution in [0.4, 0.5) is 10.1 Å². The molecule has 7 heteroatoms. The second kappa shape index (κ2) is 4.56. The van der Waals surface area contributed by atoms with E-state index in [-0.39, 0.29) is 29.4 Å². The molecule has 0 amide bonds. The van der Waals surface area contributed by atoms with Crippen molar-refractivity contribution in [2.24, 2.45) is 5.73 Å². The molecule has 16 heavy (non-hydrogen) atoms. The summed E-state index contributed by atoms with van der Waals surface area (Å²) in [4.78, 5) is 9.82. The Balaban J connectivity index is 3.01. The predicted molar refractivity (Wildman–Crippen MR) is 55.2 cm³/mol. The first-order valence-corrected chi connectivity index (χ1v) is 4.32. The Kier molecular flexibility index (Phi) is 3.39. The summed E-state index contributed by atoms with van der Waals surface area (Å²) in [5.41, 5.74) is 5.00. The van der Waals surface area contributed by atoms with Crippen LogP contribution in [0, 0.1) is 28.3 Å². The number of nitro benzene ring substituents is 1. The molecule has 3 N–H and O–H groups in total. The van der Waals surface area contributed by atoms with E-state index in [4.69, 9.17) is 15.9 Å². The summed E-state index contributed by atoms with van der Waals surface area (Å²) >= 11 is 0. The molecule has 86 valence electrons. The standard InChI is InChI=1S/C9H10FN3O3/c1-5-2-8(16-4-9(11)12)6(10)3-7(5)13(14)15/h2-3H,4H2,1H3,(H3,11,12). The van der Waals surface area contributed by atoms with Gasteiger partial charge in [0.1, 0.15) is 12.4 Å². The number of aryl methyl sites for hydroxylation is 1. The second-order valence-electron chi connectivity index (χ2n) is 3.14. The van der Waals surface area contributed by atoms with E-state index in [9.17, 15) is 14.5 Å². The van der Waals surface area contributed by atoms with Gasteiger partial charge in [-0.2, -0.15) is 0 Å². The van der Waals surface area contributed by atoms with Gasteiger partial charge in [-0.25, -0.2) is 4.39 Å². The van der Waals surface area contributed by atoms with E-state index in [2.05, 4.69) is 0 Å². The van der Waals surface area contributed by atoms with Gasteiger partial charge in [-0.15, -0.1) is 0 Å². The second-order valence-corrected chi connectivity index (χ2v) is 3.14. The minimum absolute atomic E-state index is 0.154. The van der Waals surface area contributed by atoms with Gasteiger partial charge in [0.15, 0.2) is 11.6 Å². The van der Waals surface area contributed by atoms with Crippen molar-refractivity contribution in [1.29, 1.82) is 5.41 Å². The molecule has 0 aliphatic heterocycles. The molecular weight excluding hydrogens is 217 g/mol. The SMILES string of the molecule is Cc1cc(OCC(=N)N)c(F)cc1[N+](=O)[O-]. The first kappa shape index (κ1) is 11.9. The molecule has 1 aromatic carbocycles. The Morgan fingerprint density at radius 2 is 2.31 bits per heavy atom. The van der Waals surface area contributed by atoms with Crippen LogP contribution in [-0.4, -0.2) is 17.4 Å². The maximum absolute atomic E-state index is 13.3. The lowest BCUT2D eigenvalue weighted by molar-refractivity contribution is -0.385. The van der Waals surface area contributed by atoms with E-state index in [0.29, 0.717) is 0 Å². The van der Waals surface area contributed by atoms with Crippen LogP contribution >= 0.6 is 0 Å². The molecule has 0 bridgehead atoms. The molecule has 0 atom stereocenters. The topological polar surface area (TPSA) is 102 Å². The van der Waals surface area contributed by atoms with E-state index in [0.717, 1.165) is 6.07 Å². The Labute approximate surface area is 90.5 Å². The summed E-state index contributed by atoms with van der Waals surface area (Å²) in [5, 5.41) is 17.4. The molecule has 1 aromatic rings. The fourth-order valence-electron chi connectivity index (χ4n) is 1.11. The van der Waals surface area contributed by atoms with Crippen molar-refractivity contribution < 1.29 is 14.1 Å². The summed E-state index contributed by atoms with van der Waals surface area (Å²) in [6.45, 7) is 1.21. The quantitative estimate of drug-likeness (QED) is 0.351.